The lowest BCUT2D eigenvalue weighted by atomic mass is 10.1. The van der Waals surface area contributed by atoms with Gasteiger partial charge in [0.05, 0.1) is 27.4 Å². The second-order valence-electron chi connectivity index (χ2n) is 10.2. The van der Waals surface area contributed by atoms with E-state index in [1.54, 1.807) is 40.6 Å². The highest BCUT2D eigenvalue weighted by Crippen LogP contribution is 2.41. The highest BCUT2D eigenvalue weighted by Gasteiger charge is 2.31. The standard InChI is InChI=1S/C33H26ClF3N4O4S/c34-26-18-23(33(35,36)37)10-12-27(26)38-32(45)40-39-29-25-19-24(46-17-15-21-6-8-22(9-7-21)31(43)44)11-13-28(25)41(30(29)42)16-14-20-4-2-1-3-5-20/h1-13,18-19,42H,14-17H2,(H,38,45)(H,43,44). The summed E-state index contributed by atoms with van der Waals surface area (Å²) in [6, 6.07) is 23.5. The Hall–Kier alpha value is -4.81. The van der Waals surface area contributed by atoms with Gasteiger partial charge in [-0.05, 0) is 72.5 Å². The van der Waals surface area contributed by atoms with Gasteiger partial charge in [-0.1, -0.05) is 59.2 Å². The van der Waals surface area contributed by atoms with Crippen molar-refractivity contribution in [3.63, 3.8) is 0 Å². The summed E-state index contributed by atoms with van der Waals surface area (Å²) in [5.41, 5.74) is 1.95. The summed E-state index contributed by atoms with van der Waals surface area (Å²) in [7, 11) is 0. The number of alkyl halides is 3. The molecule has 0 aliphatic rings. The number of carbonyl (C=O) groups excluding carboxylic acids is 1. The van der Waals surface area contributed by atoms with Gasteiger partial charge in [-0.25, -0.2) is 9.59 Å². The van der Waals surface area contributed by atoms with Crippen LogP contribution in [-0.2, 0) is 25.6 Å². The molecule has 0 aliphatic heterocycles. The largest absolute Gasteiger partial charge is 0.493 e. The number of urea groups is 1. The van der Waals surface area contributed by atoms with Crippen LogP contribution in [0, 0.1) is 0 Å². The summed E-state index contributed by atoms with van der Waals surface area (Å²) in [4.78, 5) is 24.6. The summed E-state index contributed by atoms with van der Waals surface area (Å²) in [5, 5.41) is 30.6. The molecule has 0 saturated carbocycles. The van der Waals surface area contributed by atoms with Crippen molar-refractivity contribution in [3.05, 3.63) is 118 Å². The molecule has 236 valence electrons. The third-order valence-electron chi connectivity index (χ3n) is 7.09. The molecule has 46 heavy (non-hydrogen) atoms. The van der Waals surface area contributed by atoms with Gasteiger partial charge in [0.15, 0.2) is 5.69 Å². The zero-order valence-corrected chi connectivity index (χ0v) is 25.5. The molecule has 5 rings (SSSR count). The van der Waals surface area contributed by atoms with Crippen LogP contribution in [0.25, 0.3) is 10.9 Å². The predicted octanol–water partition coefficient (Wildman–Crippen LogP) is 9.61. The minimum absolute atomic E-state index is 0.0587. The number of hydrogen-bond acceptors (Lipinski definition) is 5. The summed E-state index contributed by atoms with van der Waals surface area (Å²) >= 11 is 7.50. The molecular formula is C33H26ClF3N4O4S. The monoisotopic (exact) mass is 666 g/mol. The molecule has 1 heterocycles. The van der Waals surface area contributed by atoms with E-state index in [0.29, 0.717) is 42.1 Å². The molecule has 8 nitrogen and oxygen atoms in total. The Bertz CT molecular complexity index is 1910. The van der Waals surface area contributed by atoms with Crippen molar-refractivity contribution >= 4 is 57.6 Å². The number of nitrogens with zero attached hydrogens (tertiary/aromatic N) is 3. The Balaban J connectivity index is 1.37. The second kappa shape index (κ2) is 14.1. The fraction of sp³-hybridized carbons (Fsp3) is 0.152. The normalized spacial score (nSPS) is 11.7. The van der Waals surface area contributed by atoms with Crippen LogP contribution < -0.4 is 5.32 Å². The third-order valence-corrected chi connectivity index (χ3v) is 8.40. The Morgan fingerprint density at radius 2 is 1.63 bits per heavy atom. The van der Waals surface area contributed by atoms with Crippen molar-refractivity contribution in [3.8, 4) is 5.88 Å². The maximum absolute atomic E-state index is 13.0. The number of carboxylic acid groups (broad SMARTS) is 1. The molecule has 0 atom stereocenters. The minimum atomic E-state index is -4.59. The van der Waals surface area contributed by atoms with E-state index >= 15 is 0 Å². The number of carbonyl (C=O) groups is 2. The number of aromatic carboxylic acids is 1. The van der Waals surface area contributed by atoms with Crippen LogP contribution in [-0.4, -0.2) is 32.5 Å². The van der Waals surface area contributed by atoms with Gasteiger partial charge in [0, 0.05) is 22.6 Å². The first-order valence-corrected chi connectivity index (χ1v) is 15.3. The number of thioether (sulfide) groups is 1. The topological polar surface area (TPSA) is 116 Å². The maximum atomic E-state index is 13.0. The smallest absolute Gasteiger partial charge is 0.416 e. The summed E-state index contributed by atoms with van der Waals surface area (Å²) in [6.07, 6.45) is -3.30. The summed E-state index contributed by atoms with van der Waals surface area (Å²) in [6.45, 7) is 0.411. The zero-order chi connectivity index (χ0) is 32.8. The van der Waals surface area contributed by atoms with Gasteiger partial charge in [0.1, 0.15) is 0 Å². The van der Waals surface area contributed by atoms with Gasteiger partial charge in [0.25, 0.3) is 0 Å². The summed E-state index contributed by atoms with van der Waals surface area (Å²) < 4.78 is 40.6. The number of anilines is 1. The van der Waals surface area contributed by atoms with Crippen LogP contribution in [0.2, 0.25) is 5.02 Å². The number of amides is 2. The van der Waals surface area contributed by atoms with E-state index in [2.05, 4.69) is 15.5 Å². The van der Waals surface area contributed by atoms with Crippen LogP contribution in [0.3, 0.4) is 0 Å². The maximum Gasteiger partial charge on any atom is 0.416 e. The van der Waals surface area contributed by atoms with Crippen LogP contribution in [0.5, 0.6) is 5.88 Å². The van der Waals surface area contributed by atoms with Crippen molar-refractivity contribution < 1.29 is 33.0 Å². The second-order valence-corrected chi connectivity index (χ2v) is 11.7. The molecule has 1 aromatic heterocycles. The van der Waals surface area contributed by atoms with E-state index in [0.717, 1.165) is 28.2 Å². The van der Waals surface area contributed by atoms with E-state index in [1.165, 1.54) is 0 Å². The number of benzene rings is 4. The third kappa shape index (κ3) is 7.88. The fourth-order valence-electron chi connectivity index (χ4n) is 4.73. The van der Waals surface area contributed by atoms with Crippen molar-refractivity contribution in [1.82, 2.24) is 4.57 Å². The Kier molecular flexibility index (Phi) is 9.98. The van der Waals surface area contributed by atoms with Gasteiger partial charge in [-0.2, -0.15) is 13.2 Å². The van der Waals surface area contributed by atoms with E-state index < -0.39 is 23.7 Å². The number of hydrogen-bond donors (Lipinski definition) is 3. The molecule has 13 heteroatoms. The van der Waals surface area contributed by atoms with E-state index in [4.69, 9.17) is 16.7 Å². The van der Waals surface area contributed by atoms with E-state index in [-0.39, 0.29) is 27.8 Å². The lowest BCUT2D eigenvalue weighted by Crippen LogP contribution is -2.08. The Morgan fingerprint density at radius 1 is 0.913 bits per heavy atom. The van der Waals surface area contributed by atoms with Gasteiger partial charge in [-0.15, -0.1) is 16.9 Å². The van der Waals surface area contributed by atoms with Crippen LogP contribution in [0.15, 0.2) is 106 Å². The lowest BCUT2D eigenvalue weighted by molar-refractivity contribution is -0.137. The van der Waals surface area contributed by atoms with Gasteiger partial charge >= 0.3 is 18.2 Å². The number of aromatic nitrogens is 1. The molecule has 3 N–H and O–H groups in total. The highest BCUT2D eigenvalue weighted by atomic mass is 35.5. The molecule has 0 unspecified atom stereocenters. The first kappa shape index (κ1) is 32.6. The number of aromatic hydroxyl groups is 1. The molecule has 0 spiro atoms. The van der Waals surface area contributed by atoms with E-state index in [1.807, 2.05) is 48.5 Å². The molecule has 2 amide bonds. The number of nitrogens with one attached hydrogen (secondary N) is 1. The molecule has 0 aliphatic carbocycles. The van der Waals surface area contributed by atoms with Crippen molar-refractivity contribution in [2.45, 2.75) is 30.5 Å². The van der Waals surface area contributed by atoms with Crippen molar-refractivity contribution in [2.24, 2.45) is 10.2 Å². The molecule has 0 fully saturated rings. The zero-order valence-electron chi connectivity index (χ0n) is 24.0. The van der Waals surface area contributed by atoms with Crippen LogP contribution in [0.1, 0.15) is 27.0 Å². The Labute approximate surface area is 270 Å². The Morgan fingerprint density at radius 3 is 2.30 bits per heavy atom. The highest BCUT2D eigenvalue weighted by molar-refractivity contribution is 7.99. The van der Waals surface area contributed by atoms with Gasteiger partial charge in [-0.3, -0.25) is 0 Å². The molecule has 0 bridgehead atoms. The molecule has 5 aromatic rings. The number of halogens is 4. The quantitative estimate of drug-likeness (QED) is 0.101. The number of fused-ring (bicyclic) bond motifs is 1. The summed E-state index contributed by atoms with van der Waals surface area (Å²) in [5.74, 6) is -0.496. The molecule has 0 radical (unpaired) electrons. The first-order chi connectivity index (χ1) is 22.0. The average Bonchev–Trinajstić information content (AvgIpc) is 3.29. The van der Waals surface area contributed by atoms with Crippen LogP contribution in [0.4, 0.5) is 29.3 Å². The molecule has 4 aromatic carbocycles. The van der Waals surface area contributed by atoms with Crippen molar-refractivity contribution in [1.29, 1.82) is 0 Å². The number of azo groups is 1. The predicted molar refractivity (Wildman–Crippen MR) is 172 cm³/mol. The van der Waals surface area contributed by atoms with Gasteiger partial charge < -0.3 is 20.1 Å². The molecular weight excluding hydrogens is 641 g/mol. The fourth-order valence-corrected chi connectivity index (χ4v) is 5.90. The lowest BCUT2D eigenvalue weighted by Gasteiger charge is -2.09. The number of rotatable bonds is 10. The van der Waals surface area contributed by atoms with E-state index in [9.17, 15) is 27.9 Å². The average molecular weight is 667 g/mol. The molecule has 0 saturated heterocycles. The first-order valence-electron chi connectivity index (χ1n) is 13.9. The number of aryl methyl sites for hydroxylation is 3. The SMILES string of the molecule is O=C(N=Nc1c(O)n(CCc2ccccc2)c2ccc(SCCc3ccc(C(=O)O)cc3)cc12)Nc1ccc(C(F)(F)F)cc1Cl. The minimum Gasteiger partial charge on any atom is -0.493 e. The van der Waals surface area contributed by atoms with Crippen molar-refractivity contribution in [2.75, 3.05) is 11.1 Å². The number of carboxylic acids is 1. The van der Waals surface area contributed by atoms with Gasteiger partial charge in [0.2, 0.25) is 5.88 Å². The van der Waals surface area contributed by atoms with Crippen LogP contribution >= 0.6 is 23.4 Å².